The number of nitrogens with zero attached hydrogens (tertiary/aromatic N) is 2. The molecule has 21 heavy (non-hydrogen) atoms. The molecule has 0 aliphatic carbocycles. The molecule has 3 amide bonds. The van der Waals surface area contributed by atoms with Gasteiger partial charge in [0.2, 0.25) is 5.91 Å². The predicted octanol–water partition coefficient (Wildman–Crippen LogP) is 1.98. The number of amides is 3. The number of carbonyl (C=O) groups is 2. The molecule has 1 fully saturated rings. The van der Waals surface area contributed by atoms with Crippen molar-refractivity contribution in [3.8, 4) is 0 Å². The van der Waals surface area contributed by atoms with E-state index in [0.717, 1.165) is 6.42 Å². The maximum absolute atomic E-state index is 12.9. The maximum Gasteiger partial charge on any atom is 0.321 e. The summed E-state index contributed by atoms with van der Waals surface area (Å²) in [6, 6.07) is 5.45. The largest absolute Gasteiger partial charge is 0.341 e. The van der Waals surface area contributed by atoms with Gasteiger partial charge in [-0.05, 0) is 30.7 Å². The molecule has 2 rings (SSSR count). The fourth-order valence-corrected chi connectivity index (χ4v) is 2.38. The van der Waals surface area contributed by atoms with Crippen molar-refractivity contribution < 1.29 is 14.0 Å². The third-order valence-corrected chi connectivity index (χ3v) is 3.69. The first kappa shape index (κ1) is 15.3. The fourth-order valence-electron chi connectivity index (χ4n) is 2.38. The van der Waals surface area contributed by atoms with Crippen LogP contribution in [0.4, 0.5) is 14.9 Å². The summed E-state index contributed by atoms with van der Waals surface area (Å²) in [6.07, 6.45) is 1.24. The molecule has 114 valence electrons. The highest BCUT2D eigenvalue weighted by Gasteiger charge is 2.27. The first-order valence-corrected chi connectivity index (χ1v) is 7.08. The molecule has 0 spiro atoms. The number of anilines is 1. The Kier molecular flexibility index (Phi) is 4.77. The second-order valence-electron chi connectivity index (χ2n) is 5.16. The number of urea groups is 1. The minimum atomic E-state index is -0.336. The molecule has 0 saturated carbocycles. The molecule has 1 aliphatic rings. The quantitative estimate of drug-likeness (QED) is 0.926. The van der Waals surface area contributed by atoms with Crippen LogP contribution in [0.3, 0.4) is 0 Å². The first-order valence-electron chi connectivity index (χ1n) is 7.08. The lowest BCUT2D eigenvalue weighted by atomic mass is 10.2. The van der Waals surface area contributed by atoms with Crippen LogP contribution in [0.2, 0.25) is 0 Å². The number of likely N-dealkylation sites (tertiary alicyclic amines) is 1. The van der Waals surface area contributed by atoms with Crippen LogP contribution < -0.4 is 10.2 Å². The normalized spacial score (nSPS) is 17.7. The third kappa shape index (κ3) is 3.71. The van der Waals surface area contributed by atoms with Gasteiger partial charge in [0, 0.05) is 38.3 Å². The second-order valence-corrected chi connectivity index (χ2v) is 5.16. The van der Waals surface area contributed by atoms with Crippen molar-refractivity contribution in [2.24, 2.45) is 0 Å². The fraction of sp³-hybridized carbons (Fsp3) is 0.467. The molecule has 1 atom stereocenters. The van der Waals surface area contributed by atoms with E-state index in [4.69, 9.17) is 0 Å². The molecule has 0 radical (unpaired) electrons. The van der Waals surface area contributed by atoms with Crippen LogP contribution in [0, 0.1) is 5.82 Å². The first-order chi connectivity index (χ1) is 10.0. The summed E-state index contributed by atoms with van der Waals surface area (Å²) in [5.74, 6) is -0.226. The number of rotatable bonds is 3. The number of carbonyl (C=O) groups excluding carboxylic acids is 2. The molecule has 1 N–H and O–H groups in total. The van der Waals surface area contributed by atoms with Crippen molar-refractivity contribution in [3.63, 3.8) is 0 Å². The Morgan fingerprint density at radius 1 is 1.38 bits per heavy atom. The smallest absolute Gasteiger partial charge is 0.321 e. The molecule has 5 nitrogen and oxygen atoms in total. The highest BCUT2D eigenvalue weighted by atomic mass is 19.1. The van der Waals surface area contributed by atoms with Gasteiger partial charge in [0.1, 0.15) is 5.82 Å². The van der Waals surface area contributed by atoms with Gasteiger partial charge in [-0.2, -0.15) is 0 Å². The number of hydrogen-bond acceptors (Lipinski definition) is 2. The van der Waals surface area contributed by atoms with Gasteiger partial charge in [0.05, 0.1) is 0 Å². The SMILES string of the molecule is CCC(=O)N1CCC(NC(=O)N(C)c2ccc(F)cc2)C1. The van der Waals surface area contributed by atoms with Gasteiger partial charge < -0.3 is 10.2 Å². The minimum Gasteiger partial charge on any atom is -0.341 e. The Balaban J connectivity index is 1.90. The Bertz CT molecular complexity index is 518. The van der Waals surface area contributed by atoms with Crippen LogP contribution in [0.1, 0.15) is 19.8 Å². The summed E-state index contributed by atoms with van der Waals surface area (Å²) >= 11 is 0. The highest BCUT2D eigenvalue weighted by molar-refractivity contribution is 5.91. The van der Waals surface area contributed by atoms with E-state index in [9.17, 15) is 14.0 Å². The molecule has 0 aromatic heterocycles. The van der Waals surface area contributed by atoms with Gasteiger partial charge >= 0.3 is 6.03 Å². The topological polar surface area (TPSA) is 52.7 Å². The molecular formula is C15H20FN3O2. The zero-order valence-electron chi connectivity index (χ0n) is 12.3. The molecule has 0 bridgehead atoms. The van der Waals surface area contributed by atoms with Gasteiger partial charge in [-0.3, -0.25) is 9.69 Å². The number of hydrogen-bond donors (Lipinski definition) is 1. The summed E-state index contributed by atoms with van der Waals surface area (Å²) in [6.45, 7) is 3.06. The van der Waals surface area contributed by atoms with Crippen molar-refractivity contribution in [3.05, 3.63) is 30.1 Å². The maximum atomic E-state index is 12.9. The molecule has 1 aromatic rings. The van der Waals surface area contributed by atoms with Gasteiger partial charge in [-0.25, -0.2) is 9.18 Å². The van der Waals surface area contributed by atoms with Crippen LogP contribution in [0.25, 0.3) is 0 Å². The monoisotopic (exact) mass is 293 g/mol. The van der Waals surface area contributed by atoms with Gasteiger partial charge in [0.15, 0.2) is 0 Å². The molecule has 1 unspecified atom stereocenters. The second kappa shape index (κ2) is 6.56. The highest BCUT2D eigenvalue weighted by Crippen LogP contribution is 2.15. The molecular weight excluding hydrogens is 273 g/mol. The summed E-state index contributed by atoms with van der Waals surface area (Å²) in [5.41, 5.74) is 0.619. The average molecular weight is 293 g/mol. The third-order valence-electron chi connectivity index (χ3n) is 3.69. The van der Waals surface area contributed by atoms with Gasteiger partial charge in [0.25, 0.3) is 0 Å². The van der Waals surface area contributed by atoms with E-state index in [1.807, 2.05) is 6.92 Å². The molecule has 1 aliphatic heterocycles. The standard InChI is InChI=1S/C15H20FN3O2/c1-3-14(20)19-9-8-12(10-19)17-15(21)18(2)13-6-4-11(16)5-7-13/h4-7,12H,3,8-10H2,1-2H3,(H,17,21). The van der Waals surface area contributed by atoms with E-state index >= 15 is 0 Å². The zero-order chi connectivity index (χ0) is 15.4. The average Bonchev–Trinajstić information content (AvgIpc) is 2.95. The van der Waals surface area contributed by atoms with Crippen LogP contribution in [0.5, 0.6) is 0 Å². The van der Waals surface area contributed by atoms with Crippen LogP contribution in [0.15, 0.2) is 24.3 Å². The van der Waals surface area contributed by atoms with E-state index in [1.54, 1.807) is 24.1 Å². The van der Waals surface area contributed by atoms with Crippen molar-refractivity contribution >= 4 is 17.6 Å². The summed E-state index contributed by atoms with van der Waals surface area (Å²) in [5, 5.41) is 2.90. The Hall–Kier alpha value is -2.11. The lowest BCUT2D eigenvalue weighted by Crippen LogP contribution is -2.44. The predicted molar refractivity (Wildman–Crippen MR) is 78.6 cm³/mol. The van der Waals surface area contributed by atoms with Crippen LogP contribution >= 0.6 is 0 Å². The van der Waals surface area contributed by atoms with Crippen molar-refractivity contribution in [1.29, 1.82) is 0 Å². The number of nitrogens with one attached hydrogen (secondary N) is 1. The Labute approximate surface area is 123 Å². The molecule has 1 heterocycles. The van der Waals surface area contributed by atoms with E-state index in [1.165, 1.54) is 17.0 Å². The number of benzene rings is 1. The molecule has 6 heteroatoms. The van der Waals surface area contributed by atoms with E-state index in [0.29, 0.717) is 25.2 Å². The van der Waals surface area contributed by atoms with Crippen molar-refractivity contribution in [2.75, 3.05) is 25.0 Å². The van der Waals surface area contributed by atoms with Crippen molar-refractivity contribution in [1.82, 2.24) is 10.2 Å². The zero-order valence-corrected chi connectivity index (χ0v) is 12.3. The molecule has 1 aromatic carbocycles. The summed E-state index contributed by atoms with van der Waals surface area (Å²) in [4.78, 5) is 26.9. The minimum absolute atomic E-state index is 0.0316. The van der Waals surface area contributed by atoms with Crippen molar-refractivity contribution in [2.45, 2.75) is 25.8 Å². The lowest BCUT2D eigenvalue weighted by Gasteiger charge is -2.21. The van der Waals surface area contributed by atoms with E-state index in [2.05, 4.69) is 5.32 Å². The van der Waals surface area contributed by atoms with Gasteiger partial charge in [-0.1, -0.05) is 6.92 Å². The number of halogens is 1. The summed E-state index contributed by atoms with van der Waals surface area (Å²) < 4.78 is 12.9. The Morgan fingerprint density at radius 2 is 2.05 bits per heavy atom. The summed E-state index contributed by atoms with van der Waals surface area (Å²) in [7, 11) is 1.63. The van der Waals surface area contributed by atoms with Gasteiger partial charge in [-0.15, -0.1) is 0 Å². The van der Waals surface area contributed by atoms with Crippen LogP contribution in [-0.4, -0.2) is 43.0 Å². The molecule has 1 saturated heterocycles. The van der Waals surface area contributed by atoms with E-state index in [-0.39, 0.29) is 23.8 Å². The Morgan fingerprint density at radius 3 is 2.67 bits per heavy atom. The lowest BCUT2D eigenvalue weighted by molar-refractivity contribution is -0.129. The van der Waals surface area contributed by atoms with Crippen LogP contribution in [-0.2, 0) is 4.79 Å². The van der Waals surface area contributed by atoms with E-state index < -0.39 is 0 Å².